The van der Waals surface area contributed by atoms with Gasteiger partial charge in [0.2, 0.25) is 0 Å². The van der Waals surface area contributed by atoms with Crippen LogP contribution in [0.2, 0.25) is 0 Å². The molecule has 0 saturated carbocycles. The second-order valence-electron chi connectivity index (χ2n) is 4.66. The van der Waals surface area contributed by atoms with E-state index < -0.39 is 0 Å². The first-order valence-corrected chi connectivity index (χ1v) is 6.66. The second kappa shape index (κ2) is 6.19. The molecule has 0 saturated heterocycles. The molecule has 0 spiro atoms. The van der Waals surface area contributed by atoms with Crippen LogP contribution in [0.4, 0.5) is 0 Å². The number of carbonyl (C=O) groups excluding carboxylic acids is 1. The Balaban J connectivity index is 2.19. The van der Waals surface area contributed by atoms with Crippen molar-refractivity contribution in [1.29, 1.82) is 0 Å². The monoisotopic (exact) mass is 271 g/mol. The summed E-state index contributed by atoms with van der Waals surface area (Å²) >= 11 is 0. The van der Waals surface area contributed by atoms with E-state index in [0.717, 1.165) is 21.9 Å². The summed E-state index contributed by atoms with van der Waals surface area (Å²) in [6.07, 6.45) is 1.06. The topological polar surface area (TPSA) is 77.9 Å². The molecule has 0 radical (unpaired) electrons. The van der Waals surface area contributed by atoms with Crippen molar-refractivity contribution in [3.63, 3.8) is 0 Å². The predicted molar refractivity (Wildman–Crippen MR) is 79.1 cm³/mol. The number of carbonyl (C=O) groups is 1. The number of nitrogens with two attached hydrogens (primary N) is 2. The molecule has 0 heterocycles. The molecule has 4 nitrogen and oxygen atoms in total. The van der Waals surface area contributed by atoms with Gasteiger partial charge in [0.1, 0.15) is 0 Å². The van der Waals surface area contributed by atoms with Crippen LogP contribution in [0.1, 0.15) is 24.5 Å². The van der Waals surface area contributed by atoms with Crippen LogP contribution in [0.15, 0.2) is 36.4 Å². The third-order valence-electron chi connectivity index (χ3n) is 3.16. The maximum Gasteiger partial charge on any atom is 0.306 e. The molecule has 0 amide bonds. The summed E-state index contributed by atoms with van der Waals surface area (Å²) in [4.78, 5) is 11.4. The van der Waals surface area contributed by atoms with Crippen molar-refractivity contribution in [2.24, 2.45) is 5.73 Å². The van der Waals surface area contributed by atoms with Crippen molar-refractivity contribution in [2.75, 3.05) is 6.61 Å². The van der Waals surface area contributed by atoms with Gasteiger partial charge >= 0.3 is 5.97 Å². The van der Waals surface area contributed by atoms with E-state index in [1.807, 2.05) is 37.3 Å². The van der Waals surface area contributed by atoms with Crippen LogP contribution in [-0.2, 0) is 16.0 Å². The Labute approximate surface area is 118 Å². The van der Waals surface area contributed by atoms with E-state index >= 15 is 0 Å². The number of fused-ring (bicyclic) bond motifs is 1. The highest BCUT2D eigenvalue weighted by Crippen LogP contribution is 2.18. The Kier molecular flexibility index (Phi) is 4.35. The molecule has 0 bridgehead atoms. The van der Waals surface area contributed by atoms with E-state index in [-0.39, 0.29) is 5.97 Å². The second-order valence-corrected chi connectivity index (χ2v) is 4.66. The molecular formula is C16H19N2O2+. The first-order chi connectivity index (χ1) is 9.60. The number of rotatable bonds is 5. The molecule has 2 rings (SSSR count). The molecule has 20 heavy (non-hydrogen) atoms. The van der Waals surface area contributed by atoms with Gasteiger partial charge in [-0.15, -0.1) is 0 Å². The highest BCUT2D eigenvalue weighted by molar-refractivity contribution is 5.97. The van der Waals surface area contributed by atoms with Crippen molar-refractivity contribution in [3.8, 4) is 0 Å². The number of hydrogen-bond donors (Lipinski definition) is 2. The van der Waals surface area contributed by atoms with Crippen LogP contribution >= 0.6 is 0 Å². The number of benzene rings is 2. The van der Waals surface area contributed by atoms with E-state index in [4.69, 9.17) is 15.9 Å². The average Bonchev–Trinajstić information content (AvgIpc) is 2.44. The lowest BCUT2D eigenvalue weighted by Crippen LogP contribution is -2.46. The molecule has 0 atom stereocenters. The number of hydrogen-bond acceptors (Lipinski definition) is 2. The Morgan fingerprint density at radius 3 is 2.65 bits per heavy atom. The van der Waals surface area contributed by atoms with E-state index in [1.54, 1.807) is 0 Å². The van der Waals surface area contributed by atoms with Crippen molar-refractivity contribution < 1.29 is 14.9 Å². The molecule has 4 heteroatoms. The Bertz CT molecular complexity index is 650. The summed E-state index contributed by atoms with van der Waals surface area (Å²) in [5, 5.41) is 7.79. The van der Waals surface area contributed by atoms with E-state index in [9.17, 15) is 4.79 Å². The summed E-state index contributed by atoms with van der Waals surface area (Å²) in [6, 6.07) is 12.0. The van der Waals surface area contributed by atoms with Gasteiger partial charge in [0.15, 0.2) is 0 Å². The van der Waals surface area contributed by atoms with Gasteiger partial charge in [-0.1, -0.05) is 24.3 Å². The third-order valence-corrected chi connectivity index (χ3v) is 3.16. The minimum Gasteiger partial charge on any atom is -0.466 e. The normalized spacial score (nSPS) is 10.4. The maximum atomic E-state index is 11.4. The molecule has 4 N–H and O–H groups in total. The minimum atomic E-state index is -0.166. The fourth-order valence-electron chi connectivity index (χ4n) is 2.11. The van der Waals surface area contributed by atoms with E-state index in [2.05, 4.69) is 6.07 Å². The van der Waals surface area contributed by atoms with Crippen LogP contribution < -0.4 is 11.1 Å². The highest BCUT2D eigenvalue weighted by atomic mass is 16.5. The molecule has 0 aliphatic heterocycles. The largest absolute Gasteiger partial charge is 0.466 e. The fourth-order valence-corrected chi connectivity index (χ4v) is 2.11. The number of amidine groups is 1. The van der Waals surface area contributed by atoms with Gasteiger partial charge in [-0.2, -0.15) is 0 Å². The zero-order valence-electron chi connectivity index (χ0n) is 11.6. The molecule has 0 aliphatic rings. The predicted octanol–water partition coefficient (Wildman–Crippen LogP) is 0.800. The van der Waals surface area contributed by atoms with Crippen molar-refractivity contribution in [3.05, 3.63) is 47.5 Å². The van der Waals surface area contributed by atoms with Gasteiger partial charge < -0.3 is 4.74 Å². The van der Waals surface area contributed by atoms with E-state index in [1.165, 1.54) is 0 Å². The summed E-state index contributed by atoms with van der Waals surface area (Å²) in [5.74, 6) is 0.143. The zero-order chi connectivity index (χ0) is 14.5. The summed E-state index contributed by atoms with van der Waals surface area (Å²) in [7, 11) is 0. The molecule has 0 aromatic heterocycles. The van der Waals surface area contributed by atoms with Crippen molar-refractivity contribution >= 4 is 22.6 Å². The number of ether oxygens (including phenoxy) is 1. The van der Waals surface area contributed by atoms with Crippen molar-refractivity contribution in [2.45, 2.75) is 19.8 Å². The van der Waals surface area contributed by atoms with Crippen LogP contribution in [0.5, 0.6) is 0 Å². The maximum absolute atomic E-state index is 11.4. The molecule has 2 aromatic carbocycles. The molecule has 2 aromatic rings. The van der Waals surface area contributed by atoms with Crippen LogP contribution in [0, 0.1) is 0 Å². The summed E-state index contributed by atoms with van der Waals surface area (Å²) < 4.78 is 4.93. The smallest absolute Gasteiger partial charge is 0.306 e. The SMILES string of the molecule is CCOC(=O)CCc1ccc2ccc(C(N)=[NH2+])cc2c1. The van der Waals surface area contributed by atoms with Gasteiger partial charge in [0, 0.05) is 6.42 Å². The molecular weight excluding hydrogens is 252 g/mol. The molecule has 0 fully saturated rings. The summed E-state index contributed by atoms with van der Waals surface area (Å²) in [6.45, 7) is 2.23. The lowest BCUT2D eigenvalue weighted by atomic mass is 10.0. The van der Waals surface area contributed by atoms with Gasteiger partial charge in [-0.25, -0.2) is 0 Å². The standard InChI is InChI=1S/C16H18N2O2/c1-2-20-15(19)8-4-11-3-5-12-6-7-13(16(17)18)10-14(12)9-11/h3,5-7,9-10H,2,4,8H2,1H3,(H3,17,18)/p+1. The first-order valence-electron chi connectivity index (χ1n) is 6.66. The summed E-state index contributed by atoms with van der Waals surface area (Å²) in [5.41, 5.74) is 7.52. The van der Waals surface area contributed by atoms with Gasteiger partial charge in [0.25, 0.3) is 5.84 Å². The van der Waals surface area contributed by atoms with Crippen LogP contribution in [0.25, 0.3) is 10.8 Å². The lowest BCUT2D eigenvalue weighted by Gasteiger charge is -2.05. The number of aryl methyl sites for hydroxylation is 1. The molecule has 0 unspecified atom stereocenters. The Morgan fingerprint density at radius 2 is 1.95 bits per heavy atom. The highest BCUT2D eigenvalue weighted by Gasteiger charge is 2.06. The van der Waals surface area contributed by atoms with Gasteiger partial charge in [-0.05, 0) is 41.8 Å². The Morgan fingerprint density at radius 1 is 1.20 bits per heavy atom. The zero-order valence-corrected chi connectivity index (χ0v) is 11.6. The van der Waals surface area contributed by atoms with Crippen LogP contribution in [-0.4, -0.2) is 18.4 Å². The quantitative estimate of drug-likeness (QED) is 0.479. The van der Waals surface area contributed by atoms with E-state index in [0.29, 0.717) is 25.3 Å². The van der Waals surface area contributed by atoms with Crippen LogP contribution in [0.3, 0.4) is 0 Å². The average molecular weight is 271 g/mol. The fraction of sp³-hybridized carbons (Fsp3) is 0.250. The van der Waals surface area contributed by atoms with Crippen molar-refractivity contribution in [1.82, 2.24) is 0 Å². The molecule has 104 valence electrons. The lowest BCUT2D eigenvalue weighted by molar-refractivity contribution is -0.143. The number of esters is 1. The van der Waals surface area contributed by atoms with Gasteiger partial charge in [-0.3, -0.25) is 15.9 Å². The Hall–Kier alpha value is -2.36. The first kappa shape index (κ1) is 14.1. The molecule has 0 aliphatic carbocycles. The third kappa shape index (κ3) is 3.35. The van der Waals surface area contributed by atoms with Gasteiger partial charge in [0.05, 0.1) is 12.2 Å². The minimum absolute atomic E-state index is 0.166.